The number of rotatable bonds is 5. The Labute approximate surface area is 121 Å². The van der Waals surface area contributed by atoms with E-state index in [0.29, 0.717) is 6.61 Å². The highest BCUT2D eigenvalue weighted by molar-refractivity contribution is 6.36. The lowest BCUT2D eigenvalue weighted by atomic mass is 10.2. The van der Waals surface area contributed by atoms with E-state index in [1.807, 2.05) is 0 Å². The summed E-state index contributed by atoms with van der Waals surface area (Å²) in [6.45, 7) is 3.34. The Kier molecular flexibility index (Phi) is 4.91. The van der Waals surface area contributed by atoms with Crippen LogP contribution in [-0.2, 0) is 0 Å². The summed E-state index contributed by atoms with van der Waals surface area (Å²) < 4.78 is 5.53. The standard InChI is InChI=1S/C13H15Cl2NO3/c14-9-7-10(13(17)18)12(11(15)8-9)19-6-5-16-3-1-2-4-16/h7-8H,1-6H2,(H,17,18). The topological polar surface area (TPSA) is 49.8 Å². The number of carbonyl (C=O) groups is 1. The van der Waals surface area contributed by atoms with Gasteiger partial charge in [-0.3, -0.25) is 4.90 Å². The molecule has 1 saturated heterocycles. The van der Waals surface area contributed by atoms with E-state index in [9.17, 15) is 4.79 Å². The predicted molar refractivity (Wildman–Crippen MR) is 74.6 cm³/mol. The lowest BCUT2D eigenvalue weighted by Gasteiger charge is -2.16. The fourth-order valence-corrected chi connectivity index (χ4v) is 2.70. The number of halogens is 2. The number of ether oxygens (including phenoxy) is 1. The molecular weight excluding hydrogens is 289 g/mol. The first-order valence-corrected chi connectivity index (χ1v) is 6.91. The van der Waals surface area contributed by atoms with Crippen LogP contribution < -0.4 is 4.74 Å². The number of nitrogens with zero attached hydrogens (tertiary/aromatic N) is 1. The molecule has 2 rings (SSSR count). The van der Waals surface area contributed by atoms with Crippen molar-refractivity contribution in [1.82, 2.24) is 4.90 Å². The van der Waals surface area contributed by atoms with Crippen molar-refractivity contribution in [2.45, 2.75) is 12.8 Å². The Hall–Kier alpha value is -0.970. The van der Waals surface area contributed by atoms with Crippen LogP contribution in [0.3, 0.4) is 0 Å². The zero-order chi connectivity index (χ0) is 13.8. The molecule has 1 heterocycles. The molecule has 0 amide bonds. The molecule has 6 heteroatoms. The van der Waals surface area contributed by atoms with Gasteiger partial charge in [-0.1, -0.05) is 23.2 Å². The van der Waals surface area contributed by atoms with Crippen molar-refractivity contribution in [3.63, 3.8) is 0 Å². The molecule has 1 fully saturated rings. The van der Waals surface area contributed by atoms with Gasteiger partial charge >= 0.3 is 5.97 Å². The predicted octanol–water partition coefficient (Wildman–Crippen LogP) is 3.17. The highest BCUT2D eigenvalue weighted by atomic mass is 35.5. The monoisotopic (exact) mass is 303 g/mol. The maximum absolute atomic E-state index is 11.1. The maximum atomic E-state index is 11.1. The van der Waals surface area contributed by atoms with Gasteiger partial charge in [-0.15, -0.1) is 0 Å². The van der Waals surface area contributed by atoms with Crippen LogP contribution in [0.15, 0.2) is 12.1 Å². The quantitative estimate of drug-likeness (QED) is 0.908. The molecule has 0 aliphatic carbocycles. The third kappa shape index (κ3) is 3.75. The summed E-state index contributed by atoms with van der Waals surface area (Å²) in [5, 5.41) is 9.63. The van der Waals surface area contributed by atoms with Gasteiger partial charge < -0.3 is 9.84 Å². The second-order valence-electron chi connectivity index (χ2n) is 4.47. The molecule has 19 heavy (non-hydrogen) atoms. The molecule has 0 spiro atoms. The van der Waals surface area contributed by atoms with Crippen molar-refractivity contribution in [1.29, 1.82) is 0 Å². The first-order valence-electron chi connectivity index (χ1n) is 6.15. The van der Waals surface area contributed by atoms with Gasteiger partial charge in [0, 0.05) is 11.6 Å². The number of hydrogen-bond acceptors (Lipinski definition) is 3. The highest BCUT2D eigenvalue weighted by Crippen LogP contribution is 2.32. The zero-order valence-corrected chi connectivity index (χ0v) is 11.9. The first-order chi connectivity index (χ1) is 9.08. The number of aromatic carboxylic acids is 1. The van der Waals surface area contributed by atoms with Crippen LogP contribution in [0.2, 0.25) is 10.0 Å². The van der Waals surface area contributed by atoms with Gasteiger partial charge in [-0.2, -0.15) is 0 Å². The molecule has 1 aromatic rings. The fourth-order valence-electron chi connectivity index (χ4n) is 2.15. The average Bonchev–Trinajstić information content (AvgIpc) is 2.84. The van der Waals surface area contributed by atoms with Crippen LogP contribution in [0.4, 0.5) is 0 Å². The average molecular weight is 304 g/mol. The normalized spacial score (nSPS) is 15.7. The fraction of sp³-hybridized carbons (Fsp3) is 0.462. The van der Waals surface area contributed by atoms with E-state index >= 15 is 0 Å². The number of likely N-dealkylation sites (tertiary alicyclic amines) is 1. The minimum atomic E-state index is -1.10. The first kappa shape index (κ1) is 14.4. The Balaban J connectivity index is 2.03. The SMILES string of the molecule is O=C(O)c1cc(Cl)cc(Cl)c1OCCN1CCCC1. The third-order valence-corrected chi connectivity index (χ3v) is 3.59. The van der Waals surface area contributed by atoms with Crippen molar-refractivity contribution < 1.29 is 14.6 Å². The molecule has 104 valence electrons. The van der Waals surface area contributed by atoms with Crippen LogP contribution in [0.25, 0.3) is 0 Å². The summed E-state index contributed by atoms with van der Waals surface area (Å²) in [6, 6.07) is 2.84. The molecule has 1 aliphatic rings. The van der Waals surface area contributed by atoms with Gasteiger partial charge in [0.1, 0.15) is 12.2 Å². The van der Waals surface area contributed by atoms with Gasteiger partial charge in [0.2, 0.25) is 0 Å². The van der Waals surface area contributed by atoms with Crippen LogP contribution in [0.1, 0.15) is 23.2 Å². The molecule has 0 saturated carbocycles. The summed E-state index contributed by atoms with van der Waals surface area (Å²) in [5.74, 6) is -0.904. The van der Waals surface area contributed by atoms with Crippen molar-refractivity contribution >= 4 is 29.2 Å². The van der Waals surface area contributed by atoms with E-state index in [1.165, 1.54) is 25.0 Å². The van der Waals surface area contributed by atoms with Crippen LogP contribution >= 0.6 is 23.2 Å². The summed E-state index contributed by atoms with van der Waals surface area (Å²) >= 11 is 11.8. The zero-order valence-electron chi connectivity index (χ0n) is 10.4. The second-order valence-corrected chi connectivity index (χ2v) is 5.31. The van der Waals surface area contributed by atoms with E-state index < -0.39 is 5.97 Å². The Morgan fingerprint density at radius 2 is 2.00 bits per heavy atom. The third-order valence-electron chi connectivity index (χ3n) is 3.09. The van der Waals surface area contributed by atoms with Gasteiger partial charge in [-0.05, 0) is 38.1 Å². The van der Waals surface area contributed by atoms with E-state index in [1.54, 1.807) is 0 Å². The minimum Gasteiger partial charge on any atom is -0.490 e. The molecule has 0 unspecified atom stereocenters. The molecule has 1 aromatic carbocycles. The number of hydrogen-bond donors (Lipinski definition) is 1. The smallest absolute Gasteiger partial charge is 0.339 e. The number of carboxylic acid groups (broad SMARTS) is 1. The summed E-state index contributed by atoms with van der Waals surface area (Å²) in [5.41, 5.74) is -0.000998. The number of benzene rings is 1. The molecule has 1 aliphatic heterocycles. The summed E-state index contributed by atoms with van der Waals surface area (Å²) in [4.78, 5) is 13.4. The van der Waals surface area contributed by atoms with E-state index in [2.05, 4.69) is 4.90 Å². The van der Waals surface area contributed by atoms with Gasteiger partial charge in [0.15, 0.2) is 5.75 Å². The van der Waals surface area contributed by atoms with E-state index in [0.717, 1.165) is 19.6 Å². The van der Waals surface area contributed by atoms with E-state index in [4.69, 9.17) is 33.0 Å². The minimum absolute atomic E-state index is 0.000998. The number of carboxylic acids is 1. The van der Waals surface area contributed by atoms with Gasteiger partial charge in [0.25, 0.3) is 0 Å². The lowest BCUT2D eigenvalue weighted by molar-refractivity contribution is 0.0691. The van der Waals surface area contributed by atoms with Crippen molar-refractivity contribution in [2.75, 3.05) is 26.2 Å². The Morgan fingerprint density at radius 3 is 2.63 bits per heavy atom. The van der Waals surface area contributed by atoms with Crippen molar-refractivity contribution in [2.24, 2.45) is 0 Å². The Bertz CT molecular complexity index is 473. The lowest BCUT2D eigenvalue weighted by Crippen LogP contribution is -2.25. The summed E-state index contributed by atoms with van der Waals surface area (Å²) in [6.07, 6.45) is 2.42. The second kappa shape index (κ2) is 6.46. The maximum Gasteiger partial charge on any atom is 0.339 e. The van der Waals surface area contributed by atoms with Crippen molar-refractivity contribution in [3.8, 4) is 5.75 Å². The molecule has 0 radical (unpaired) electrons. The summed E-state index contributed by atoms with van der Waals surface area (Å²) in [7, 11) is 0. The largest absolute Gasteiger partial charge is 0.490 e. The molecule has 1 N–H and O–H groups in total. The van der Waals surface area contributed by atoms with E-state index in [-0.39, 0.29) is 21.4 Å². The molecule has 0 aromatic heterocycles. The molecule has 4 nitrogen and oxygen atoms in total. The van der Waals surface area contributed by atoms with Gasteiger partial charge in [0.05, 0.1) is 5.02 Å². The molecule has 0 bridgehead atoms. The van der Waals surface area contributed by atoms with Crippen LogP contribution in [0, 0.1) is 0 Å². The van der Waals surface area contributed by atoms with Crippen molar-refractivity contribution in [3.05, 3.63) is 27.7 Å². The molecule has 0 atom stereocenters. The molecular formula is C13H15Cl2NO3. The van der Waals surface area contributed by atoms with Gasteiger partial charge in [-0.25, -0.2) is 4.79 Å². The highest BCUT2D eigenvalue weighted by Gasteiger charge is 2.17. The van der Waals surface area contributed by atoms with Crippen LogP contribution in [-0.4, -0.2) is 42.2 Å². The Morgan fingerprint density at radius 1 is 1.32 bits per heavy atom. The van der Waals surface area contributed by atoms with Crippen LogP contribution in [0.5, 0.6) is 5.75 Å².